The molecule has 1 aliphatic carbocycles. The highest BCUT2D eigenvalue weighted by Gasteiger charge is 2.36. The van der Waals surface area contributed by atoms with Gasteiger partial charge in [0.2, 0.25) is 0 Å². The molecule has 0 aromatic heterocycles. The Morgan fingerprint density at radius 1 is 1.07 bits per heavy atom. The zero-order valence-electron chi connectivity index (χ0n) is 8.55. The monoisotopic (exact) mass is 188 g/mol. The average molecular weight is 188 g/mol. The Morgan fingerprint density at radius 3 is 2.36 bits per heavy atom. The number of fused-ring (bicyclic) bond motifs is 1. The van der Waals surface area contributed by atoms with E-state index in [2.05, 4.69) is 0 Å². The highest BCUT2D eigenvalue weighted by Crippen LogP contribution is 2.29. The summed E-state index contributed by atoms with van der Waals surface area (Å²) in [4.78, 5) is 23.4. The van der Waals surface area contributed by atoms with E-state index in [-0.39, 0.29) is 11.6 Å². The maximum atomic E-state index is 11.7. The molecular weight excluding hydrogens is 176 g/mol. The van der Waals surface area contributed by atoms with Crippen molar-refractivity contribution in [1.82, 2.24) is 0 Å². The SMILES string of the molecule is Cc1cc(C)c2c(c1)C(=O)C(C)C2=O. The maximum absolute atomic E-state index is 11.7. The molecule has 0 spiro atoms. The minimum atomic E-state index is -0.481. The Bertz CT molecular complexity index is 444. The topological polar surface area (TPSA) is 34.1 Å². The summed E-state index contributed by atoms with van der Waals surface area (Å²) in [6.45, 7) is 5.50. The van der Waals surface area contributed by atoms with Gasteiger partial charge in [-0.05, 0) is 32.4 Å². The minimum Gasteiger partial charge on any atom is -0.293 e. The lowest BCUT2D eigenvalue weighted by Crippen LogP contribution is -2.09. The zero-order chi connectivity index (χ0) is 10.5. The molecule has 0 radical (unpaired) electrons. The summed E-state index contributed by atoms with van der Waals surface area (Å²) in [5.74, 6) is -0.537. The number of ketones is 2. The lowest BCUT2D eigenvalue weighted by Gasteiger charge is -2.02. The van der Waals surface area contributed by atoms with Gasteiger partial charge in [-0.1, -0.05) is 11.6 Å². The summed E-state index contributed by atoms with van der Waals surface area (Å²) in [5.41, 5.74) is 3.20. The van der Waals surface area contributed by atoms with Gasteiger partial charge in [0.05, 0.1) is 5.92 Å². The fourth-order valence-electron chi connectivity index (χ4n) is 2.06. The van der Waals surface area contributed by atoms with Crippen molar-refractivity contribution < 1.29 is 9.59 Å². The third-order valence-corrected chi connectivity index (χ3v) is 2.78. The Kier molecular flexibility index (Phi) is 1.81. The fourth-order valence-corrected chi connectivity index (χ4v) is 2.06. The second kappa shape index (κ2) is 2.77. The van der Waals surface area contributed by atoms with Crippen LogP contribution in [0.4, 0.5) is 0 Å². The predicted octanol–water partition coefficient (Wildman–Crippen LogP) is 2.32. The van der Waals surface area contributed by atoms with Gasteiger partial charge < -0.3 is 0 Å². The smallest absolute Gasteiger partial charge is 0.174 e. The van der Waals surface area contributed by atoms with Crippen molar-refractivity contribution in [3.63, 3.8) is 0 Å². The van der Waals surface area contributed by atoms with E-state index in [0.717, 1.165) is 11.1 Å². The van der Waals surface area contributed by atoms with Crippen molar-refractivity contribution >= 4 is 11.6 Å². The van der Waals surface area contributed by atoms with Crippen LogP contribution in [-0.4, -0.2) is 11.6 Å². The van der Waals surface area contributed by atoms with Crippen molar-refractivity contribution in [3.8, 4) is 0 Å². The van der Waals surface area contributed by atoms with Gasteiger partial charge in [-0.2, -0.15) is 0 Å². The first kappa shape index (κ1) is 9.13. The lowest BCUT2D eigenvalue weighted by atomic mass is 10.0. The summed E-state index contributed by atoms with van der Waals surface area (Å²) in [5, 5.41) is 0. The maximum Gasteiger partial charge on any atom is 0.174 e. The first-order valence-electron chi connectivity index (χ1n) is 4.72. The first-order valence-corrected chi connectivity index (χ1v) is 4.72. The summed E-state index contributed by atoms with van der Waals surface area (Å²) in [6.07, 6.45) is 0. The van der Waals surface area contributed by atoms with Crippen LogP contribution in [0.1, 0.15) is 38.8 Å². The van der Waals surface area contributed by atoms with Crippen LogP contribution in [0.2, 0.25) is 0 Å². The number of carbonyl (C=O) groups excluding carboxylic acids is 2. The molecule has 1 atom stereocenters. The second-order valence-electron chi connectivity index (χ2n) is 3.95. The third-order valence-electron chi connectivity index (χ3n) is 2.78. The van der Waals surface area contributed by atoms with Gasteiger partial charge in [0.15, 0.2) is 11.6 Å². The fraction of sp³-hybridized carbons (Fsp3) is 0.333. The van der Waals surface area contributed by atoms with Gasteiger partial charge in [-0.25, -0.2) is 0 Å². The zero-order valence-corrected chi connectivity index (χ0v) is 8.55. The molecule has 0 aliphatic heterocycles. The van der Waals surface area contributed by atoms with E-state index in [4.69, 9.17) is 0 Å². The van der Waals surface area contributed by atoms with Crippen molar-refractivity contribution in [1.29, 1.82) is 0 Å². The summed E-state index contributed by atoms with van der Waals surface area (Å²) in [7, 11) is 0. The second-order valence-corrected chi connectivity index (χ2v) is 3.95. The number of hydrogen-bond acceptors (Lipinski definition) is 2. The molecule has 1 aromatic rings. The quantitative estimate of drug-likeness (QED) is 0.585. The van der Waals surface area contributed by atoms with Crippen molar-refractivity contribution in [3.05, 3.63) is 34.4 Å². The Morgan fingerprint density at radius 2 is 1.71 bits per heavy atom. The largest absolute Gasteiger partial charge is 0.293 e. The number of hydrogen-bond donors (Lipinski definition) is 0. The number of benzene rings is 1. The molecule has 0 N–H and O–H groups in total. The van der Waals surface area contributed by atoms with Crippen LogP contribution >= 0.6 is 0 Å². The van der Waals surface area contributed by atoms with E-state index in [1.165, 1.54) is 0 Å². The lowest BCUT2D eigenvalue weighted by molar-refractivity contribution is 0.0852. The summed E-state index contributed by atoms with van der Waals surface area (Å²) < 4.78 is 0. The molecule has 72 valence electrons. The molecule has 0 heterocycles. The molecule has 2 nitrogen and oxygen atoms in total. The van der Waals surface area contributed by atoms with E-state index >= 15 is 0 Å². The number of aryl methyl sites for hydroxylation is 2. The summed E-state index contributed by atoms with van der Waals surface area (Å²) >= 11 is 0. The van der Waals surface area contributed by atoms with Crippen LogP contribution in [0, 0.1) is 19.8 Å². The normalized spacial score (nSPS) is 20.1. The van der Waals surface area contributed by atoms with Gasteiger partial charge in [0.1, 0.15) is 0 Å². The van der Waals surface area contributed by atoms with Gasteiger partial charge in [-0.3, -0.25) is 9.59 Å². The van der Waals surface area contributed by atoms with Crippen molar-refractivity contribution in [2.75, 3.05) is 0 Å². The van der Waals surface area contributed by atoms with Crippen LogP contribution < -0.4 is 0 Å². The van der Waals surface area contributed by atoms with Gasteiger partial charge >= 0.3 is 0 Å². The minimum absolute atomic E-state index is 0.0255. The molecular formula is C12H12O2. The van der Waals surface area contributed by atoms with Crippen molar-refractivity contribution in [2.45, 2.75) is 20.8 Å². The number of Topliss-reactive ketones (excluding diaryl/α,β-unsaturated/α-hetero) is 2. The highest BCUT2D eigenvalue weighted by molar-refractivity contribution is 6.26. The van der Waals surface area contributed by atoms with Gasteiger partial charge in [0.25, 0.3) is 0 Å². The van der Waals surface area contributed by atoms with E-state index in [0.29, 0.717) is 11.1 Å². The Labute approximate surface area is 82.9 Å². The van der Waals surface area contributed by atoms with E-state index in [9.17, 15) is 9.59 Å². The molecule has 2 heteroatoms. The molecule has 0 saturated carbocycles. The Hall–Kier alpha value is -1.44. The van der Waals surface area contributed by atoms with E-state index in [1.54, 1.807) is 6.92 Å². The number of carbonyl (C=O) groups is 2. The van der Waals surface area contributed by atoms with Gasteiger partial charge in [-0.15, -0.1) is 0 Å². The molecule has 2 rings (SSSR count). The standard InChI is InChI=1S/C12H12O2/c1-6-4-7(2)10-9(5-6)11(13)8(3)12(10)14/h4-5,8H,1-3H3. The van der Waals surface area contributed by atoms with E-state index in [1.807, 2.05) is 26.0 Å². The molecule has 0 fully saturated rings. The summed E-state index contributed by atoms with van der Waals surface area (Å²) in [6, 6.07) is 3.76. The first-order chi connectivity index (χ1) is 6.52. The highest BCUT2D eigenvalue weighted by atomic mass is 16.2. The predicted molar refractivity (Wildman–Crippen MR) is 53.7 cm³/mol. The van der Waals surface area contributed by atoms with Gasteiger partial charge in [0, 0.05) is 11.1 Å². The van der Waals surface area contributed by atoms with Crippen molar-refractivity contribution in [2.24, 2.45) is 5.92 Å². The van der Waals surface area contributed by atoms with Crippen LogP contribution in [0.5, 0.6) is 0 Å². The molecule has 1 aromatic carbocycles. The van der Waals surface area contributed by atoms with Crippen LogP contribution in [0.15, 0.2) is 12.1 Å². The Balaban J connectivity index is 2.76. The molecule has 1 aliphatic rings. The molecule has 1 unspecified atom stereocenters. The van der Waals surface area contributed by atoms with Crippen LogP contribution in [0.25, 0.3) is 0 Å². The van der Waals surface area contributed by atoms with Crippen LogP contribution in [-0.2, 0) is 0 Å². The molecule has 0 amide bonds. The molecule has 0 saturated heterocycles. The van der Waals surface area contributed by atoms with E-state index < -0.39 is 5.92 Å². The molecule has 14 heavy (non-hydrogen) atoms. The third kappa shape index (κ3) is 1.03. The number of rotatable bonds is 0. The molecule has 0 bridgehead atoms. The average Bonchev–Trinajstić information content (AvgIpc) is 2.31. The van der Waals surface area contributed by atoms with Crippen LogP contribution in [0.3, 0.4) is 0 Å².